The normalized spacial score (nSPS) is 15.2. The van der Waals surface area contributed by atoms with Crippen LogP contribution in [0.15, 0.2) is 12.3 Å². The third-order valence-electron chi connectivity index (χ3n) is 1.94. The van der Waals surface area contributed by atoms with Crippen LogP contribution in [0.1, 0.15) is 15.9 Å². The molecule has 0 saturated heterocycles. The molecule has 1 aromatic heterocycles. The summed E-state index contributed by atoms with van der Waals surface area (Å²) in [5.41, 5.74) is 1.63. The van der Waals surface area contributed by atoms with Crippen LogP contribution in [0, 0.1) is 0 Å². The van der Waals surface area contributed by atoms with E-state index in [1.807, 2.05) is 0 Å². The summed E-state index contributed by atoms with van der Waals surface area (Å²) >= 11 is 5.65. The topological polar surface area (TPSA) is 33.2 Å². The van der Waals surface area contributed by atoms with Crippen molar-refractivity contribution in [2.24, 2.45) is 0 Å². The molecule has 1 aliphatic rings. The largest absolute Gasteiger partial charge is 0.337 e. The molecule has 0 unspecified atom stereocenters. The van der Waals surface area contributed by atoms with Gasteiger partial charge in [0.25, 0.3) is 5.91 Å². The van der Waals surface area contributed by atoms with Crippen molar-refractivity contribution < 1.29 is 4.79 Å². The highest BCUT2D eigenvalue weighted by molar-refractivity contribution is 6.29. The average Bonchev–Trinajstić information content (AvgIpc) is 2.31. The number of rotatable bonds is 0. The highest BCUT2D eigenvalue weighted by Gasteiger charge is 2.24. The van der Waals surface area contributed by atoms with Gasteiger partial charge in [-0.05, 0) is 6.07 Å². The summed E-state index contributed by atoms with van der Waals surface area (Å²) in [4.78, 5) is 16.9. The van der Waals surface area contributed by atoms with Crippen molar-refractivity contribution in [3.63, 3.8) is 0 Å². The van der Waals surface area contributed by atoms with E-state index in [4.69, 9.17) is 11.6 Å². The fourth-order valence-electron chi connectivity index (χ4n) is 1.32. The summed E-state index contributed by atoms with van der Waals surface area (Å²) in [6.07, 6.45) is 1.65. The van der Waals surface area contributed by atoms with Crippen molar-refractivity contribution in [3.05, 3.63) is 28.5 Å². The van der Waals surface area contributed by atoms with E-state index in [0.29, 0.717) is 17.3 Å². The molecular formula is C8H7ClN2O. The lowest BCUT2D eigenvalue weighted by molar-refractivity contribution is 0.0816. The van der Waals surface area contributed by atoms with E-state index in [0.717, 1.165) is 5.56 Å². The number of hydrogen-bond donors (Lipinski definition) is 0. The SMILES string of the molecule is CN1Cc2cnc(Cl)cc2C1=O. The monoisotopic (exact) mass is 182 g/mol. The molecular weight excluding hydrogens is 176 g/mol. The van der Waals surface area contributed by atoms with Gasteiger partial charge in [0.05, 0.1) is 0 Å². The van der Waals surface area contributed by atoms with Gasteiger partial charge in [0.15, 0.2) is 0 Å². The van der Waals surface area contributed by atoms with Crippen LogP contribution in [-0.2, 0) is 6.54 Å². The van der Waals surface area contributed by atoms with Crippen molar-refractivity contribution in [3.8, 4) is 0 Å². The van der Waals surface area contributed by atoms with Crippen LogP contribution in [0.5, 0.6) is 0 Å². The van der Waals surface area contributed by atoms with Gasteiger partial charge in [-0.3, -0.25) is 4.79 Å². The highest BCUT2D eigenvalue weighted by atomic mass is 35.5. The van der Waals surface area contributed by atoms with Crippen LogP contribution in [0.2, 0.25) is 5.15 Å². The Morgan fingerprint density at radius 2 is 2.42 bits per heavy atom. The zero-order chi connectivity index (χ0) is 8.72. The quantitative estimate of drug-likeness (QED) is 0.567. The van der Waals surface area contributed by atoms with Crippen LogP contribution in [-0.4, -0.2) is 22.8 Å². The molecule has 2 rings (SSSR count). The summed E-state index contributed by atoms with van der Waals surface area (Å²) in [6, 6.07) is 1.61. The molecule has 0 atom stereocenters. The molecule has 0 N–H and O–H groups in total. The van der Waals surface area contributed by atoms with Crippen LogP contribution in [0.25, 0.3) is 0 Å². The third-order valence-corrected chi connectivity index (χ3v) is 2.14. The molecule has 1 aliphatic heterocycles. The van der Waals surface area contributed by atoms with E-state index in [1.165, 1.54) is 0 Å². The maximum Gasteiger partial charge on any atom is 0.254 e. The number of pyridine rings is 1. The average molecular weight is 183 g/mol. The zero-order valence-electron chi connectivity index (χ0n) is 6.54. The molecule has 2 heterocycles. The second kappa shape index (κ2) is 2.45. The molecule has 0 radical (unpaired) electrons. The highest BCUT2D eigenvalue weighted by Crippen LogP contribution is 2.22. The Balaban J connectivity index is 2.56. The Bertz CT molecular complexity index is 351. The smallest absolute Gasteiger partial charge is 0.254 e. The minimum absolute atomic E-state index is 0.0225. The van der Waals surface area contributed by atoms with Crippen molar-refractivity contribution >= 4 is 17.5 Å². The maximum absolute atomic E-state index is 11.4. The molecule has 0 bridgehead atoms. The minimum Gasteiger partial charge on any atom is -0.337 e. The summed E-state index contributed by atoms with van der Waals surface area (Å²) in [5, 5.41) is 0.373. The van der Waals surface area contributed by atoms with Gasteiger partial charge in [0.2, 0.25) is 0 Å². The molecule has 12 heavy (non-hydrogen) atoms. The van der Waals surface area contributed by atoms with Crippen molar-refractivity contribution in [2.45, 2.75) is 6.54 Å². The van der Waals surface area contributed by atoms with E-state index in [9.17, 15) is 4.79 Å². The first-order chi connectivity index (χ1) is 5.68. The first kappa shape index (κ1) is 7.55. The first-order valence-electron chi connectivity index (χ1n) is 3.58. The van der Waals surface area contributed by atoms with Crippen LogP contribution in [0.4, 0.5) is 0 Å². The molecule has 0 saturated carbocycles. The molecule has 0 aromatic carbocycles. The van der Waals surface area contributed by atoms with Crippen LogP contribution >= 0.6 is 11.6 Å². The fraction of sp³-hybridized carbons (Fsp3) is 0.250. The molecule has 1 aromatic rings. The molecule has 0 spiro atoms. The predicted octanol–water partition coefficient (Wildman–Crippen LogP) is 1.32. The number of carbonyl (C=O) groups excluding carboxylic acids is 1. The molecule has 0 aliphatic carbocycles. The molecule has 0 fully saturated rings. The van der Waals surface area contributed by atoms with Crippen molar-refractivity contribution in [1.29, 1.82) is 0 Å². The van der Waals surface area contributed by atoms with Gasteiger partial charge in [0, 0.05) is 30.9 Å². The van der Waals surface area contributed by atoms with Crippen LogP contribution < -0.4 is 0 Å². The standard InChI is InChI=1S/C8H7ClN2O/c1-11-4-5-3-10-7(9)2-6(5)8(11)12/h2-3H,4H2,1H3. The number of halogens is 1. The number of amides is 1. The van der Waals surface area contributed by atoms with Gasteiger partial charge in [-0.2, -0.15) is 0 Å². The summed E-state index contributed by atoms with van der Waals surface area (Å²) in [6.45, 7) is 0.637. The minimum atomic E-state index is 0.0225. The Kier molecular flexibility index (Phi) is 1.54. The van der Waals surface area contributed by atoms with E-state index in [1.54, 1.807) is 24.2 Å². The van der Waals surface area contributed by atoms with E-state index in [2.05, 4.69) is 4.98 Å². The first-order valence-corrected chi connectivity index (χ1v) is 3.96. The van der Waals surface area contributed by atoms with E-state index >= 15 is 0 Å². The van der Waals surface area contributed by atoms with Gasteiger partial charge >= 0.3 is 0 Å². The van der Waals surface area contributed by atoms with Crippen molar-refractivity contribution in [1.82, 2.24) is 9.88 Å². The van der Waals surface area contributed by atoms with E-state index < -0.39 is 0 Å². The number of aromatic nitrogens is 1. The molecule has 62 valence electrons. The Morgan fingerprint density at radius 3 is 3.17 bits per heavy atom. The number of nitrogens with zero attached hydrogens (tertiary/aromatic N) is 2. The number of fused-ring (bicyclic) bond motifs is 1. The lowest BCUT2D eigenvalue weighted by Crippen LogP contribution is -2.17. The molecule has 1 amide bonds. The van der Waals surface area contributed by atoms with Gasteiger partial charge < -0.3 is 4.90 Å². The van der Waals surface area contributed by atoms with Crippen molar-refractivity contribution in [2.75, 3.05) is 7.05 Å². The Labute approximate surface area is 75.0 Å². The summed E-state index contributed by atoms with van der Waals surface area (Å²) < 4.78 is 0. The lowest BCUT2D eigenvalue weighted by Gasteiger charge is -2.04. The van der Waals surface area contributed by atoms with Gasteiger partial charge in [-0.25, -0.2) is 4.98 Å². The Morgan fingerprint density at radius 1 is 1.67 bits per heavy atom. The fourth-order valence-corrected chi connectivity index (χ4v) is 1.47. The van der Waals surface area contributed by atoms with Crippen LogP contribution in [0.3, 0.4) is 0 Å². The van der Waals surface area contributed by atoms with Gasteiger partial charge in [-0.1, -0.05) is 11.6 Å². The van der Waals surface area contributed by atoms with E-state index in [-0.39, 0.29) is 5.91 Å². The number of carbonyl (C=O) groups is 1. The predicted molar refractivity (Wildman–Crippen MR) is 45.0 cm³/mol. The van der Waals surface area contributed by atoms with Gasteiger partial charge in [0.1, 0.15) is 5.15 Å². The molecule has 3 nitrogen and oxygen atoms in total. The second-order valence-electron chi connectivity index (χ2n) is 2.83. The second-order valence-corrected chi connectivity index (χ2v) is 3.21. The Hall–Kier alpha value is -1.09. The lowest BCUT2D eigenvalue weighted by atomic mass is 10.2. The molecule has 4 heteroatoms. The zero-order valence-corrected chi connectivity index (χ0v) is 7.30. The third kappa shape index (κ3) is 0.975. The summed E-state index contributed by atoms with van der Waals surface area (Å²) in [5.74, 6) is 0.0225. The summed E-state index contributed by atoms with van der Waals surface area (Å²) in [7, 11) is 1.76. The number of hydrogen-bond acceptors (Lipinski definition) is 2. The van der Waals surface area contributed by atoms with Gasteiger partial charge in [-0.15, -0.1) is 0 Å². The maximum atomic E-state index is 11.4.